The molecule has 5 heteroatoms. The fraction of sp³-hybridized carbons (Fsp3) is 0.333. The predicted octanol–water partition coefficient (Wildman–Crippen LogP) is 1.45. The van der Waals surface area contributed by atoms with Gasteiger partial charge in [-0.2, -0.15) is 5.10 Å². The Balaban J connectivity index is 2.19. The lowest BCUT2D eigenvalue weighted by atomic mass is 10.2. The molecule has 0 unspecified atom stereocenters. The van der Waals surface area contributed by atoms with E-state index in [0.29, 0.717) is 19.5 Å². The van der Waals surface area contributed by atoms with Crippen LogP contribution in [0.3, 0.4) is 0 Å². The monoisotopic (exact) mass is 272 g/mol. The van der Waals surface area contributed by atoms with Gasteiger partial charge in [-0.15, -0.1) is 0 Å². The summed E-state index contributed by atoms with van der Waals surface area (Å²) in [5.41, 5.74) is 9.41. The van der Waals surface area contributed by atoms with Crippen LogP contribution in [0.1, 0.15) is 23.4 Å². The van der Waals surface area contributed by atoms with E-state index in [0.717, 1.165) is 22.6 Å². The van der Waals surface area contributed by atoms with Gasteiger partial charge in [0.25, 0.3) is 0 Å². The van der Waals surface area contributed by atoms with Crippen molar-refractivity contribution < 1.29 is 4.79 Å². The van der Waals surface area contributed by atoms with Gasteiger partial charge in [0.2, 0.25) is 5.91 Å². The van der Waals surface area contributed by atoms with Crippen LogP contribution in [0, 0.1) is 13.8 Å². The summed E-state index contributed by atoms with van der Waals surface area (Å²) in [5.74, 6) is -0.0289. The highest BCUT2D eigenvalue weighted by molar-refractivity contribution is 5.76. The molecular weight excluding hydrogens is 252 g/mol. The first-order valence-electron chi connectivity index (χ1n) is 6.70. The Bertz CT molecular complexity index is 589. The quantitative estimate of drug-likeness (QED) is 0.865. The van der Waals surface area contributed by atoms with Crippen LogP contribution in [0.15, 0.2) is 30.3 Å². The number of para-hydroxylation sites is 1. The number of benzene rings is 1. The first kappa shape index (κ1) is 14.3. The molecule has 5 nitrogen and oxygen atoms in total. The Hall–Kier alpha value is -2.14. The normalized spacial score (nSPS) is 10.6. The molecule has 0 radical (unpaired) electrons. The lowest BCUT2D eigenvalue weighted by Gasteiger charge is -2.06. The molecule has 2 rings (SSSR count). The van der Waals surface area contributed by atoms with E-state index in [1.807, 2.05) is 48.9 Å². The second kappa shape index (κ2) is 6.34. The molecule has 2 aromatic rings. The summed E-state index contributed by atoms with van der Waals surface area (Å²) in [6.45, 7) is 4.82. The molecular formula is C15H20N4O. The van der Waals surface area contributed by atoms with Crippen LogP contribution in [0.25, 0.3) is 5.69 Å². The van der Waals surface area contributed by atoms with Gasteiger partial charge < -0.3 is 11.1 Å². The van der Waals surface area contributed by atoms with E-state index in [-0.39, 0.29) is 5.91 Å². The second-order valence-electron chi connectivity index (χ2n) is 4.71. The third kappa shape index (κ3) is 3.05. The fourth-order valence-electron chi connectivity index (χ4n) is 2.16. The molecule has 106 valence electrons. The molecule has 0 aliphatic rings. The van der Waals surface area contributed by atoms with Crippen molar-refractivity contribution in [3.8, 4) is 5.69 Å². The first-order valence-corrected chi connectivity index (χ1v) is 6.70. The maximum absolute atomic E-state index is 11.5. The van der Waals surface area contributed by atoms with Gasteiger partial charge in [0, 0.05) is 30.8 Å². The third-order valence-corrected chi connectivity index (χ3v) is 3.28. The highest BCUT2D eigenvalue weighted by atomic mass is 16.1. The van der Waals surface area contributed by atoms with Gasteiger partial charge in [-0.05, 0) is 26.0 Å². The number of hydrogen-bond donors (Lipinski definition) is 2. The van der Waals surface area contributed by atoms with Gasteiger partial charge in [0.05, 0.1) is 11.4 Å². The Morgan fingerprint density at radius 3 is 2.65 bits per heavy atom. The molecule has 1 aromatic carbocycles. The molecule has 0 spiro atoms. The van der Waals surface area contributed by atoms with E-state index in [2.05, 4.69) is 10.4 Å². The lowest BCUT2D eigenvalue weighted by molar-refractivity contribution is -0.121. The predicted molar refractivity (Wildman–Crippen MR) is 78.6 cm³/mol. The zero-order valence-corrected chi connectivity index (χ0v) is 11.9. The number of carbonyl (C=O) groups is 1. The topological polar surface area (TPSA) is 72.9 Å². The van der Waals surface area contributed by atoms with Crippen molar-refractivity contribution in [1.29, 1.82) is 0 Å². The molecule has 0 aliphatic carbocycles. The Kier molecular flexibility index (Phi) is 4.53. The van der Waals surface area contributed by atoms with Crippen molar-refractivity contribution in [2.45, 2.75) is 26.8 Å². The van der Waals surface area contributed by atoms with E-state index in [9.17, 15) is 4.79 Å². The van der Waals surface area contributed by atoms with Gasteiger partial charge in [-0.1, -0.05) is 18.2 Å². The molecule has 3 N–H and O–H groups in total. The number of carbonyl (C=O) groups excluding carboxylic acids is 1. The highest BCUT2D eigenvalue weighted by Gasteiger charge is 2.13. The molecule has 0 atom stereocenters. The Labute approximate surface area is 118 Å². The zero-order chi connectivity index (χ0) is 14.5. The number of nitrogens with two attached hydrogens (primary N) is 1. The minimum atomic E-state index is -0.0289. The molecule has 0 saturated heterocycles. The average Bonchev–Trinajstić information content (AvgIpc) is 2.73. The van der Waals surface area contributed by atoms with Crippen LogP contribution in [0.5, 0.6) is 0 Å². The number of aryl methyl sites for hydroxylation is 1. The summed E-state index contributed by atoms with van der Waals surface area (Å²) in [6.07, 6.45) is 0.352. The summed E-state index contributed by atoms with van der Waals surface area (Å²) in [4.78, 5) is 11.5. The molecule has 0 aliphatic heterocycles. The standard InChI is InChI=1S/C15H20N4O/c1-11-14(10-17-15(20)8-9-16)12(2)19(18-11)13-6-4-3-5-7-13/h3-7H,8-10,16H2,1-2H3,(H,17,20). The van der Waals surface area contributed by atoms with Crippen LogP contribution < -0.4 is 11.1 Å². The number of rotatable bonds is 5. The van der Waals surface area contributed by atoms with Crippen molar-refractivity contribution in [3.05, 3.63) is 47.3 Å². The maximum atomic E-state index is 11.5. The molecule has 0 saturated carbocycles. The number of amides is 1. The van der Waals surface area contributed by atoms with Crippen molar-refractivity contribution in [2.24, 2.45) is 5.73 Å². The van der Waals surface area contributed by atoms with E-state index in [1.54, 1.807) is 0 Å². The Morgan fingerprint density at radius 2 is 2.00 bits per heavy atom. The summed E-state index contributed by atoms with van der Waals surface area (Å²) in [7, 11) is 0. The summed E-state index contributed by atoms with van der Waals surface area (Å²) in [6, 6.07) is 9.96. The van der Waals surface area contributed by atoms with Gasteiger partial charge in [-0.3, -0.25) is 4.79 Å². The fourth-order valence-corrected chi connectivity index (χ4v) is 2.16. The molecule has 1 amide bonds. The highest BCUT2D eigenvalue weighted by Crippen LogP contribution is 2.17. The van der Waals surface area contributed by atoms with Crippen molar-refractivity contribution in [1.82, 2.24) is 15.1 Å². The molecule has 1 heterocycles. The van der Waals surface area contributed by atoms with E-state index in [1.165, 1.54) is 0 Å². The van der Waals surface area contributed by atoms with Gasteiger partial charge in [0.15, 0.2) is 0 Å². The van der Waals surface area contributed by atoms with Crippen LogP contribution in [-0.2, 0) is 11.3 Å². The van der Waals surface area contributed by atoms with Crippen molar-refractivity contribution in [3.63, 3.8) is 0 Å². The van der Waals surface area contributed by atoms with Gasteiger partial charge >= 0.3 is 0 Å². The summed E-state index contributed by atoms with van der Waals surface area (Å²) >= 11 is 0. The third-order valence-electron chi connectivity index (χ3n) is 3.28. The SMILES string of the molecule is Cc1nn(-c2ccccc2)c(C)c1CNC(=O)CCN. The zero-order valence-electron chi connectivity index (χ0n) is 11.9. The Morgan fingerprint density at radius 1 is 1.30 bits per heavy atom. The average molecular weight is 272 g/mol. The number of hydrogen-bond acceptors (Lipinski definition) is 3. The number of aromatic nitrogens is 2. The minimum absolute atomic E-state index is 0.0289. The maximum Gasteiger partial charge on any atom is 0.221 e. The van der Waals surface area contributed by atoms with Crippen LogP contribution in [0.2, 0.25) is 0 Å². The molecule has 0 fully saturated rings. The smallest absolute Gasteiger partial charge is 0.221 e. The number of nitrogens with zero attached hydrogens (tertiary/aromatic N) is 2. The van der Waals surface area contributed by atoms with Crippen molar-refractivity contribution in [2.75, 3.05) is 6.54 Å². The largest absolute Gasteiger partial charge is 0.352 e. The summed E-state index contributed by atoms with van der Waals surface area (Å²) < 4.78 is 1.90. The molecule has 1 aromatic heterocycles. The minimum Gasteiger partial charge on any atom is -0.352 e. The molecule has 20 heavy (non-hydrogen) atoms. The van der Waals surface area contributed by atoms with Crippen LogP contribution >= 0.6 is 0 Å². The van der Waals surface area contributed by atoms with Crippen LogP contribution in [-0.4, -0.2) is 22.2 Å². The van der Waals surface area contributed by atoms with E-state index >= 15 is 0 Å². The lowest BCUT2D eigenvalue weighted by Crippen LogP contribution is -2.25. The molecule has 0 bridgehead atoms. The van der Waals surface area contributed by atoms with Crippen molar-refractivity contribution >= 4 is 5.91 Å². The van der Waals surface area contributed by atoms with Gasteiger partial charge in [-0.25, -0.2) is 4.68 Å². The number of nitrogens with one attached hydrogen (secondary N) is 1. The first-order chi connectivity index (χ1) is 9.63. The van der Waals surface area contributed by atoms with E-state index in [4.69, 9.17) is 5.73 Å². The van der Waals surface area contributed by atoms with Crippen LogP contribution in [0.4, 0.5) is 0 Å². The van der Waals surface area contributed by atoms with Gasteiger partial charge in [0.1, 0.15) is 0 Å². The second-order valence-corrected chi connectivity index (χ2v) is 4.71. The van der Waals surface area contributed by atoms with E-state index < -0.39 is 0 Å². The summed E-state index contributed by atoms with van der Waals surface area (Å²) in [5, 5.41) is 7.42.